The van der Waals surface area contributed by atoms with Gasteiger partial charge in [-0.15, -0.1) is 0 Å². The number of hydrogen-bond acceptors (Lipinski definition) is 5. The number of nitrogens with one attached hydrogen (secondary N) is 1. The van der Waals surface area contributed by atoms with E-state index in [1.165, 1.54) is 39.0 Å². The topological polar surface area (TPSA) is 78.7 Å². The van der Waals surface area contributed by atoms with E-state index in [1.54, 1.807) is 18.3 Å². The highest BCUT2D eigenvalue weighted by atomic mass is 16.1. The second-order valence-electron chi connectivity index (χ2n) is 10.0. The van der Waals surface area contributed by atoms with E-state index in [4.69, 9.17) is 5.26 Å². The Hall–Kier alpha value is -4.14. The van der Waals surface area contributed by atoms with Gasteiger partial charge in [-0.3, -0.25) is 4.79 Å². The molecular weight excluding hydrogens is 456 g/mol. The fourth-order valence-corrected chi connectivity index (χ4v) is 5.99. The highest BCUT2D eigenvalue weighted by Crippen LogP contribution is 2.37. The van der Waals surface area contributed by atoms with Crippen LogP contribution in [0.1, 0.15) is 29.5 Å². The molecule has 0 bridgehead atoms. The third kappa shape index (κ3) is 4.57. The van der Waals surface area contributed by atoms with E-state index in [0.29, 0.717) is 23.7 Å². The van der Waals surface area contributed by atoms with Gasteiger partial charge in [0.05, 0.1) is 17.1 Å². The van der Waals surface area contributed by atoms with Crippen LogP contribution in [0.2, 0.25) is 0 Å². The van der Waals surface area contributed by atoms with Crippen molar-refractivity contribution in [1.29, 1.82) is 5.26 Å². The maximum Gasteiger partial charge on any atom is 0.140 e. The van der Waals surface area contributed by atoms with Crippen molar-refractivity contribution in [3.8, 4) is 6.07 Å². The van der Waals surface area contributed by atoms with E-state index < -0.39 is 0 Å². The number of rotatable bonds is 1. The maximum atomic E-state index is 12.8. The van der Waals surface area contributed by atoms with Crippen LogP contribution in [0, 0.1) is 23.2 Å². The number of ketones is 1. The Labute approximate surface area is 216 Å². The lowest BCUT2D eigenvalue weighted by molar-refractivity contribution is -0.124. The molecule has 1 aliphatic carbocycles. The standard InChI is InChI=1S/C23H23NO.C9H5N3/c25-23-13-17-6-8-19-18-4-2-1-3-15(18)5-7-20(19)21(17)14-22(23)16-9-11-24-12-10-16;10-4-7-1-2-9-8(3-7)5-11-6-12-9/h1-8,16,22,24H,9-14H2;1-3,5-6H. The number of hydrogen-bond donors (Lipinski definition) is 1. The zero-order chi connectivity index (χ0) is 25.2. The Bertz CT molecular complexity index is 1660. The molecule has 1 N–H and O–H groups in total. The van der Waals surface area contributed by atoms with Crippen LogP contribution < -0.4 is 5.32 Å². The first-order valence-electron chi connectivity index (χ1n) is 13.0. The van der Waals surface area contributed by atoms with Crippen molar-refractivity contribution in [2.45, 2.75) is 25.7 Å². The van der Waals surface area contributed by atoms with Crippen LogP contribution in [0.25, 0.3) is 32.4 Å². The average Bonchev–Trinajstić information content (AvgIpc) is 2.97. The zero-order valence-electron chi connectivity index (χ0n) is 20.7. The first-order chi connectivity index (χ1) is 18.2. The number of nitrogens with zero attached hydrogens (tertiary/aromatic N) is 3. The largest absolute Gasteiger partial charge is 0.317 e. The molecule has 2 heterocycles. The molecule has 37 heavy (non-hydrogen) atoms. The van der Waals surface area contributed by atoms with Gasteiger partial charge in [0.15, 0.2) is 0 Å². The first kappa shape index (κ1) is 23.3. The fourth-order valence-electron chi connectivity index (χ4n) is 5.99. The molecule has 1 fully saturated rings. The molecule has 1 aliphatic heterocycles. The predicted molar refractivity (Wildman–Crippen MR) is 147 cm³/mol. The highest BCUT2D eigenvalue weighted by Gasteiger charge is 2.34. The molecule has 0 amide bonds. The minimum atomic E-state index is 0.215. The number of carbonyl (C=O) groups is 1. The van der Waals surface area contributed by atoms with Gasteiger partial charge in [-0.1, -0.05) is 48.5 Å². The molecule has 4 aromatic carbocycles. The second-order valence-corrected chi connectivity index (χ2v) is 10.0. The van der Waals surface area contributed by atoms with Crippen LogP contribution in [-0.2, 0) is 17.6 Å². The quantitative estimate of drug-likeness (QED) is 0.305. The number of benzene rings is 4. The summed E-state index contributed by atoms with van der Waals surface area (Å²) in [6.07, 6.45) is 7.01. The third-order valence-electron chi connectivity index (χ3n) is 7.92. The van der Waals surface area contributed by atoms with Crippen LogP contribution >= 0.6 is 0 Å². The third-order valence-corrected chi connectivity index (χ3v) is 7.92. The lowest BCUT2D eigenvalue weighted by Gasteiger charge is -2.33. The van der Waals surface area contributed by atoms with E-state index in [1.807, 2.05) is 6.07 Å². The van der Waals surface area contributed by atoms with Gasteiger partial charge in [-0.05, 0) is 89.1 Å². The molecule has 1 aromatic heterocycles. The zero-order valence-corrected chi connectivity index (χ0v) is 20.7. The van der Waals surface area contributed by atoms with Gasteiger partial charge in [0.1, 0.15) is 12.1 Å². The molecule has 1 saturated heterocycles. The summed E-state index contributed by atoms with van der Waals surface area (Å²) < 4.78 is 0. The minimum Gasteiger partial charge on any atom is -0.317 e. The van der Waals surface area contributed by atoms with Gasteiger partial charge >= 0.3 is 0 Å². The minimum absolute atomic E-state index is 0.215. The van der Waals surface area contributed by atoms with Crippen molar-refractivity contribution in [3.05, 3.63) is 95.9 Å². The van der Waals surface area contributed by atoms with Gasteiger partial charge in [0.25, 0.3) is 0 Å². The summed E-state index contributed by atoms with van der Waals surface area (Å²) in [6.45, 7) is 2.11. The van der Waals surface area contributed by atoms with E-state index >= 15 is 0 Å². The van der Waals surface area contributed by atoms with Crippen molar-refractivity contribution in [2.24, 2.45) is 11.8 Å². The van der Waals surface area contributed by atoms with Crippen LogP contribution in [-0.4, -0.2) is 28.8 Å². The lowest BCUT2D eigenvalue weighted by Crippen LogP contribution is -2.38. The average molecular weight is 485 g/mol. The van der Waals surface area contributed by atoms with E-state index in [-0.39, 0.29) is 5.92 Å². The van der Waals surface area contributed by atoms with Gasteiger partial charge in [0, 0.05) is 23.9 Å². The number of nitriles is 1. The molecule has 0 saturated carbocycles. The summed E-state index contributed by atoms with van der Waals surface area (Å²) in [5.41, 5.74) is 4.17. The summed E-state index contributed by atoms with van der Waals surface area (Å²) in [7, 11) is 0. The Morgan fingerprint density at radius 1 is 0.892 bits per heavy atom. The van der Waals surface area contributed by atoms with Crippen LogP contribution in [0.15, 0.2) is 79.3 Å². The molecule has 5 heteroatoms. The van der Waals surface area contributed by atoms with Gasteiger partial charge < -0.3 is 5.32 Å². The fraction of sp³-hybridized carbons (Fsp3) is 0.250. The molecule has 2 aliphatic rings. The van der Waals surface area contributed by atoms with Crippen LogP contribution in [0.3, 0.4) is 0 Å². The van der Waals surface area contributed by atoms with E-state index in [9.17, 15) is 4.79 Å². The number of Topliss-reactive ketones (excluding diaryl/α,β-unsaturated/α-hetero) is 1. The molecule has 5 aromatic rings. The Kier molecular flexibility index (Phi) is 6.34. The molecule has 5 nitrogen and oxygen atoms in total. The Morgan fingerprint density at radius 3 is 2.59 bits per heavy atom. The molecule has 182 valence electrons. The van der Waals surface area contributed by atoms with Gasteiger partial charge in [-0.25, -0.2) is 9.97 Å². The van der Waals surface area contributed by atoms with Crippen LogP contribution in [0.4, 0.5) is 0 Å². The lowest BCUT2D eigenvalue weighted by atomic mass is 9.72. The Balaban J connectivity index is 0.000000176. The van der Waals surface area contributed by atoms with E-state index in [2.05, 4.69) is 69.9 Å². The number of aromatic nitrogens is 2. The molecule has 1 unspecified atom stereocenters. The van der Waals surface area contributed by atoms with Gasteiger partial charge in [0.2, 0.25) is 0 Å². The number of piperidine rings is 1. The molecule has 0 radical (unpaired) electrons. The maximum absolute atomic E-state index is 12.8. The van der Waals surface area contributed by atoms with Crippen molar-refractivity contribution < 1.29 is 4.79 Å². The van der Waals surface area contributed by atoms with Gasteiger partial charge in [-0.2, -0.15) is 5.26 Å². The second kappa shape index (κ2) is 10.1. The Morgan fingerprint density at radius 2 is 1.73 bits per heavy atom. The summed E-state index contributed by atoms with van der Waals surface area (Å²) in [6, 6.07) is 24.9. The van der Waals surface area contributed by atoms with Crippen molar-refractivity contribution in [3.63, 3.8) is 0 Å². The molecular formula is C32H28N4O. The summed E-state index contributed by atoms with van der Waals surface area (Å²) in [5, 5.41) is 18.2. The number of carbonyl (C=O) groups excluding carboxylic acids is 1. The normalized spacial score (nSPS) is 17.7. The smallest absolute Gasteiger partial charge is 0.140 e. The van der Waals surface area contributed by atoms with Crippen molar-refractivity contribution in [1.82, 2.24) is 15.3 Å². The highest BCUT2D eigenvalue weighted by molar-refractivity contribution is 6.09. The summed E-state index contributed by atoms with van der Waals surface area (Å²) in [5.74, 6) is 1.23. The monoisotopic (exact) mass is 484 g/mol. The molecule has 0 spiro atoms. The summed E-state index contributed by atoms with van der Waals surface area (Å²) in [4.78, 5) is 20.7. The molecule has 7 rings (SSSR count). The predicted octanol–water partition coefficient (Wildman–Crippen LogP) is 5.78. The summed E-state index contributed by atoms with van der Waals surface area (Å²) >= 11 is 0. The van der Waals surface area contributed by atoms with Crippen LogP contribution in [0.5, 0.6) is 0 Å². The van der Waals surface area contributed by atoms with Crippen molar-refractivity contribution >= 4 is 38.2 Å². The first-order valence-corrected chi connectivity index (χ1v) is 13.0. The number of fused-ring (bicyclic) bond motifs is 6. The van der Waals surface area contributed by atoms with Crippen molar-refractivity contribution in [2.75, 3.05) is 13.1 Å². The molecule has 1 atom stereocenters. The van der Waals surface area contributed by atoms with E-state index in [0.717, 1.165) is 43.3 Å². The SMILES string of the molecule is N#Cc1ccc2ncncc2c1.O=C1Cc2ccc3c(ccc4ccccc43)c2CC1C1CCNCC1.